The van der Waals surface area contributed by atoms with E-state index >= 15 is 0 Å². The van der Waals surface area contributed by atoms with Crippen LogP contribution in [0.25, 0.3) is 0 Å². The second kappa shape index (κ2) is 7.77. The van der Waals surface area contributed by atoms with Gasteiger partial charge in [-0.25, -0.2) is 14.5 Å². The number of hydrogen-bond donors (Lipinski definition) is 1. The molecule has 0 atom stereocenters. The molecule has 124 valence electrons. The van der Waals surface area contributed by atoms with Crippen LogP contribution in [0.3, 0.4) is 0 Å². The highest BCUT2D eigenvalue weighted by molar-refractivity contribution is 6.29. The predicted octanol–water partition coefficient (Wildman–Crippen LogP) is 2.02. The Labute approximate surface area is 137 Å². The lowest BCUT2D eigenvalue weighted by atomic mass is 10.0. The third kappa shape index (κ3) is 4.10. The summed E-state index contributed by atoms with van der Waals surface area (Å²) in [7, 11) is 0. The maximum absolute atomic E-state index is 12.3. The summed E-state index contributed by atoms with van der Waals surface area (Å²) >= 11 is 0. The summed E-state index contributed by atoms with van der Waals surface area (Å²) in [6, 6.07) is 12.1. The number of rotatable bonds is 5. The van der Waals surface area contributed by atoms with Crippen LogP contribution in [0.15, 0.2) is 48.5 Å². The van der Waals surface area contributed by atoms with Gasteiger partial charge in [0, 0.05) is 11.6 Å². The zero-order valence-electron chi connectivity index (χ0n) is 12.7. The van der Waals surface area contributed by atoms with Crippen LogP contribution < -0.4 is 4.89 Å². The first-order valence-electron chi connectivity index (χ1n) is 7.01. The van der Waals surface area contributed by atoms with E-state index in [1.807, 2.05) is 0 Å². The van der Waals surface area contributed by atoms with E-state index in [2.05, 4.69) is 14.5 Å². The number of ketones is 1. The van der Waals surface area contributed by atoms with Crippen molar-refractivity contribution in [3.8, 4) is 11.5 Å². The Morgan fingerprint density at radius 1 is 1.00 bits per heavy atom. The van der Waals surface area contributed by atoms with Gasteiger partial charge in [0.05, 0.1) is 12.2 Å². The monoisotopic (exact) mass is 330 g/mol. The van der Waals surface area contributed by atoms with Crippen molar-refractivity contribution >= 4 is 17.7 Å². The molecule has 2 aromatic carbocycles. The number of carbonyl (C=O) groups is 3. The second-order valence-electron chi connectivity index (χ2n) is 4.55. The number of phenols is 1. The topological polar surface area (TPSA) is 99.1 Å². The lowest BCUT2D eigenvalue weighted by Crippen LogP contribution is -2.21. The highest BCUT2D eigenvalue weighted by atomic mass is 17.2. The van der Waals surface area contributed by atoms with E-state index < -0.39 is 11.9 Å². The highest BCUT2D eigenvalue weighted by Gasteiger charge is 2.20. The molecule has 2 aromatic rings. The minimum atomic E-state index is -1.33. The van der Waals surface area contributed by atoms with Gasteiger partial charge in [-0.1, -0.05) is 30.3 Å². The molecule has 1 N–H and O–H groups in total. The summed E-state index contributed by atoms with van der Waals surface area (Å²) in [5, 5.41) is 9.95. The summed E-state index contributed by atoms with van der Waals surface area (Å²) in [5.41, 5.74) is 0.473. The molecule has 0 saturated heterocycles. The first-order chi connectivity index (χ1) is 11.5. The lowest BCUT2D eigenvalue weighted by Gasteiger charge is -2.07. The molecule has 2 rings (SSSR count). The van der Waals surface area contributed by atoms with Gasteiger partial charge in [0.25, 0.3) is 0 Å². The van der Waals surface area contributed by atoms with Crippen LogP contribution in [0.4, 0.5) is 0 Å². The maximum atomic E-state index is 12.3. The number of hydrogen-bond acceptors (Lipinski definition) is 7. The Morgan fingerprint density at radius 3 is 2.33 bits per heavy atom. The zero-order chi connectivity index (χ0) is 17.5. The Kier molecular flexibility index (Phi) is 5.51. The third-order valence-corrected chi connectivity index (χ3v) is 2.91. The van der Waals surface area contributed by atoms with Crippen LogP contribution in [-0.2, 0) is 19.2 Å². The fourth-order valence-electron chi connectivity index (χ4n) is 1.81. The third-order valence-electron chi connectivity index (χ3n) is 2.91. The fourth-order valence-corrected chi connectivity index (χ4v) is 1.81. The van der Waals surface area contributed by atoms with Crippen molar-refractivity contribution in [2.24, 2.45) is 0 Å². The molecule has 7 heteroatoms. The van der Waals surface area contributed by atoms with Crippen molar-refractivity contribution in [3.63, 3.8) is 0 Å². The number of esters is 1. The molecule has 0 heterocycles. The summed E-state index contributed by atoms with van der Waals surface area (Å²) in [5.74, 6) is -3.31. The summed E-state index contributed by atoms with van der Waals surface area (Å²) in [6.45, 7) is 1.55. The molecule has 0 amide bonds. The van der Waals surface area contributed by atoms with Crippen molar-refractivity contribution in [2.45, 2.75) is 6.92 Å². The van der Waals surface area contributed by atoms with Crippen molar-refractivity contribution in [2.75, 3.05) is 6.61 Å². The van der Waals surface area contributed by atoms with Gasteiger partial charge < -0.3 is 9.84 Å². The highest BCUT2D eigenvalue weighted by Crippen LogP contribution is 2.26. The largest absolute Gasteiger partial charge is 0.507 e. The van der Waals surface area contributed by atoms with Gasteiger partial charge in [0.1, 0.15) is 5.75 Å². The average Bonchev–Trinajstić information content (AvgIpc) is 2.60. The zero-order valence-corrected chi connectivity index (χ0v) is 12.7. The van der Waals surface area contributed by atoms with Gasteiger partial charge in [-0.2, -0.15) is 0 Å². The van der Waals surface area contributed by atoms with E-state index in [4.69, 9.17) is 0 Å². The molecule has 0 saturated carbocycles. The normalized spacial score (nSPS) is 9.88. The molecule has 0 radical (unpaired) electrons. The SMILES string of the molecule is CCOC(=O)C(=O)OOc1ccc(C(=O)c2ccccc2)c(O)c1. The summed E-state index contributed by atoms with van der Waals surface area (Å²) in [4.78, 5) is 43.4. The minimum absolute atomic E-state index is 0.0189. The van der Waals surface area contributed by atoms with Crippen molar-refractivity contribution in [3.05, 3.63) is 59.7 Å². The van der Waals surface area contributed by atoms with E-state index in [0.717, 1.165) is 6.07 Å². The van der Waals surface area contributed by atoms with Crippen molar-refractivity contribution in [1.82, 2.24) is 0 Å². The van der Waals surface area contributed by atoms with Gasteiger partial charge >= 0.3 is 11.9 Å². The van der Waals surface area contributed by atoms with E-state index in [-0.39, 0.29) is 29.5 Å². The number of benzene rings is 2. The van der Waals surface area contributed by atoms with Crippen LogP contribution in [0, 0.1) is 0 Å². The molecule has 0 aliphatic heterocycles. The van der Waals surface area contributed by atoms with Crippen molar-refractivity contribution < 1.29 is 34.0 Å². The molecule has 0 bridgehead atoms. The molecule has 7 nitrogen and oxygen atoms in total. The predicted molar refractivity (Wildman–Crippen MR) is 81.3 cm³/mol. The Balaban J connectivity index is 2.06. The lowest BCUT2D eigenvalue weighted by molar-refractivity contribution is -0.218. The molecule has 0 fully saturated rings. The quantitative estimate of drug-likeness (QED) is 0.294. The second-order valence-corrected chi connectivity index (χ2v) is 4.55. The van der Waals surface area contributed by atoms with E-state index in [0.29, 0.717) is 5.56 Å². The molecule has 0 aliphatic rings. The van der Waals surface area contributed by atoms with Crippen LogP contribution in [-0.4, -0.2) is 29.4 Å². The molecular weight excluding hydrogens is 316 g/mol. The van der Waals surface area contributed by atoms with Crippen LogP contribution in [0.5, 0.6) is 11.5 Å². The number of aromatic hydroxyl groups is 1. The fraction of sp³-hybridized carbons (Fsp3) is 0.118. The minimum Gasteiger partial charge on any atom is -0.507 e. The Bertz CT molecular complexity index is 753. The van der Waals surface area contributed by atoms with E-state index in [1.54, 1.807) is 30.3 Å². The first kappa shape index (κ1) is 17.0. The van der Waals surface area contributed by atoms with Gasteiger partial charge in [-0.05, 0) is 19.1 Å². The number of ether oxygens (including phenoxy) is 1. The first-order valence-corrected chi connectivity index (χ1v) is 7.01. The molecule has 0 aliphatic carbocycles. The van der Waals surface area contributed by atoms with E-state index in [9.17, 15) is 19.5 Å². The average molecular weight is 330 g/mol. The summed E-state index contributed by atoms with van der Waals surface area (Å²) < 4.78 is 4.43. The van der Waals surface area contributed by atoms with Crippen molar-refractivity contribution in [1.29, 1.82) is 0 Å². The molecule has 0 spiro atoms. The molecule has 0 unspecified atom stereocenters. The van der Waals surface area contributed by atoms with Gasteiger partial charge in [-0.3, -0.25) is 9.68 Å². The number of carbonyl (C=O) groups excluding carboxylic acids is 3. The standard InChI is InChI=1S/C17H14O7/c1-2-22-16(20)17(21)24-23-12-8-9-13(14(18)10-12)15(19)11-6-4-3-5-7-11/h3-10,18H,2H2,1H3. The molecule has 24 heavy (non-hydrogen) atoms. The smallest absolute Gasteiger partial charge is 0.462 e. The Hall–Kier alpha value is -3.35. The number of phenolic OH excluding ortho intramolecular Hbond substituents is 1. The van der Waals surface area contributed by atoms with Crippen LogP contribution in [0.2, 0.25) is 0 Å². The van der Waals surface area contributed by atoms with E-state index in [1.165, 1.54) is 19.1 Å². The van der Waals surface area contributed by atoms with Gasteiger partial charge in [0.15, 0.2) is 11.5 Å². The van der Waals surface area contributed by atoms with Gasteiger partial charge in [0.2, 0.25) is 0 Å². The molecular formula is C17H14O7. The maximum Gasteiger partial charge on any atom is 0.462 e. The van der Waals surface area contributed by atoms with Crippen LogP contribution >= 0.6 is 0 Å². The Morgan fingerprint density at radius 2 is 1.71 bits per heavy atom. The van der Waals surface area contributed by atoms with Gasteiger partial charge in [-0.15, -0.1) is 0 Å². The summed E-state index contributed by atoms with van der Waals surface area (Å²) in [6.07, 6.45) is 0. The van der Waals surface area contributed by atoms with Crippen LogP contribution in [0.1, 0.15) is 22.8 Å². The molecule has 0 aromatic heterocycles.